The van der Waals surface area contributed by atoms with Gasteiger partial charge in [-0.05, 0) is 31.0 Å². The first kappa shape index (κ1) is 21.8. The number of benzene rings is 1. The minimum Gasteiger partial charge on any atom is -0.508 e. The fourth-order valence-corrected chi connectivity index (χ4v) is 2.40. The average Bonchev–Trinajstić information content (AvgIpc) is 3.12. The molecule has 0 amide bonds. The number of rotatable bonds is 8. The summed E-state index contributed by atoms with van der Waals surface area (Å²) in [5.74, 6) is 1.62. The van der Waals surface area contributed by atoms with E-state index in [4.69, 9.17) is 14.2 Å². The van der Waals surface area contributed by atoms with Gasteiger partial charge in [0, 0.05) is 38.9 Å². The van der Waals surface area contributed by atoms with Gasteiger partial charge in [0.1, 0.15) is 11.5 Å². The van der Waals surface area contributed by atoms with E-state index in [0.717, 1.165) is 31.6 Å². The van der Waals surface area contributed by atoms with E-state index in [0.29, 0.717) is 31.5 Å². The Morgan fingerprint density at radius 1 is 1.40 bits per heavy atom. The third kappa shape index (κ3) is 7.66. The number of guanidine groups is 1. The number of nitrogens with zero attached hydrogens (tertiary/aromatic N) is 1. The summed E-state index contributed by atoms with van der Waals surface area (Å²) in [5.41, 5.74) is 0.752. The highest BCUT2D eigenvalue weighted by Gasteiger charge is 2.15. The van der Waals surface area contributed by atoms with Crippen molar-refractivity contribution in [2.75, 3.05) is 40.5 Å². The molecule has 1 fully saturated rings. The Hall–Kier alpha value is -1.26. The van der Waals surface area contributed by atoms with Crippen molar-refractivity contribution in [3.63, 3.8) is 0 Å². The molecule has 0 aromatic heterocycles. The fourth-order valence-electron chi connectivity index (χ4n) is 2.40. The predicted octanol–water partition coefficient (Wildman–Crippen LogP) is 1.88. The van der Waals surface area contributed by atoms with Gasteiger partial charge in [0.2, 0.25) is 0 Å². The molecule has 7 nitrogen and oxygen atoms in total. The van der Waals surface area contributed by atoms with E-state index in [1.165, 1.54) is 0 Å². The van der Waals surface area contributed by atoms with Crippen LogP contribution in [0.1, 0.15) is 18.4 Å². The molecule has 0 bridgehead atoms. The van der Waals surface area contributed by atoms with Crippen molar-refractivity contribution in [3.8, 4) is 11.5 Å². The van der Waals surface area contributed by atoms with Crippen LogP contribution < -0.4 is 15.4 Å². The summed E-state index contributed by atoms with van der Waals surface area (Å²) in [5, 5.41) is 16.3. The second kappa shape index (κ2) is 12.2. The van der Waals surface area contributed by atoms with Crippen LogP contribution in [-0.4, -0.2) is 57.7 Å². The zero-order valence-electron chi connectivity index (χ0n) is 14.8. The van der Waals surface area contributed by atoms with Crippen LogP contribution in [0.5, 0.6) is 11.5 Å². The lowest BCUT2D eigenvalue weighted by atomic mass is 10.2. The van der Waals surface area contributed by atoms with Crippen molar-refractivity contribution < 1.29 is 19.3 Å². The lowest BCUT2D eigenvalue weighted by Crippen LogP contribution is -2.37. The molecule has 142 valence electrons. The summed E-state index contributed by atoms with van der Waals surface area (Å²) >= 11 is 0. The van der Waals surface area contributed by atoms with Crippen LogP contribution >= 0.6 is 24.0 Å². The van der Waals surface area contributed by atoms with E-state index >= 15 is 0 Å². The number of aliphatic imine (C=N–C) groups is 1. The molecule has 0 radical (unpaired) electrons. The summed E-state index contributed by atoms with van der Waals surface area (Å²) in [7, 11) is 3.32. The number of ether oxygens (including phenoxy) is 3. The molecule has 0 spiro atoms. The number of aromatic hydroxyl groups is 1. The van der Waals surface area contributed by atoms with Crippen molar-refractivity contribution in [3.05, 3.63) is 23.8 Å². The molecular weight excluding hydrogens is 437 g/mol. The molecule has 1 unspecified atom stereocenters. The first-order valence-corrected chi connectivity index (χ1v) is 8.22. The molecule has 1 saturated heterocycles. The second-order valence-electron chi connectivity index (χ2n) is 5.56. The second-order valence-corrected chi connectivity index (χ2v) is 5.56. The maximum absolute atomic E-state index is 9.88. The van der Waals surface area contributed by atoms with Crippen LogP contribution in [0.4, 0.5) is 0 Å². The van der Waals surface area contributed by atoms with Crippen LogP contribution in [0.15, 0.2) is 23.2 Å². The quantitative estimate of drug-likeness (QED) is 0.235. The topological polar surface area (TPSA) is 84.3 Å². The monoisotopic (exact) mass is 465 g/mol. The van der Waals surface area contributed by atoms with Gasteiger partial charge in [-0.1, -0.05) is 0 Å². The van der Waals surface area contributed by atoms with Gasteiger partial charge in [-0.25, -0.2) is 0 Å². The van der Waals surface area contributed by atoms with Crippen molar-refractivity contribution in [2.24, 2.45) is 4.99 Å². The highest BCUT2D eigenvalue weighted by Crippen LogP contribution is 2.22. The third-order valence-electron chi connectivity index (χ3n) is 3.81. The summed E-state index contributed by atoms with van der Waals surface area (Å²) in [4.78, 5) is 4.17. The summed E-state index contributed by atoms with van der Waals surface area (Å²) in [6.07, 6.45) is 2.13. The van der Waals surface area contributed by atoms with E-state index in [1.54, 1.807) is 32.4 Å². The lowest BCUT2D eigenvalue weighted by Gasteiger charge is -2.14. The van der Waals surface area contributed by atoms with E-state index in [9.17, 15) is 5.11 Å². The third-order valence-corrected chi connectivity index (χ3v) is 3.81. The van der Waals surface area contributed by atoms with Crippen molar-refractivity contribution in [1.29, 1.82) is 0 Å². The number of halogens is 1. The molecule has 1 heterocycles. The number of nitrogens with one attached hydrogen (secondary N) is 2. The zero-order chi connectivity index (χ0) is 17.2. The van der Waals surface area contributed by atoms with Crippen molar-refractivity contribution in [2.45, 2.75) is 25.5 Å². The SMILES string of the molecule is CN=C(NCCCOC1CCOC1)NCc1cc(OC)ccc1O.I. The summed E-state index contributed by atoms with van der Waals surface area (Å²) in [6, 6.07) is 5.14. The summed E-state index contributed by atoms with van der Waals surface area (Å²) < 4.78 is 16.2. The number of phenolic OH excluding ortho intramolecular Hbond substituents is 1. The Balaban J connectivity index is 0.00000312. The molecule has 1 aromatic rings. The number of hydrogen-bond acceptors (Lipinski definition) is 5. The largest absolute Gasteiger partial charge is 0.508 e. The van der Waals surface area contributed by atoms with Crippen LogP contribution in [0.2, 0.25) is 0 Å². The van der Waals surface area contributed by atoms with Gasteiger partial charge < -0.3 is 30.0 Å². The molecular formula is C17H28IN3O4. The van der Waals surface area contributed by atoms with E-state index in [-0.39, 0.29) is 35.8 Å². The van der Waals surface area contributed by atoms with Crippen LogP contribution in [-0.2, 0) is 16.0 Å². The smallest absolute Gasteiger partial charge is 0.191 e. The Labute approximate surface area is 166 Å². The first-order chi connectivity index (χ1) is 11.7. The molecule has 0 aliphatic carbocycles. The van der Waals surface area contributed by atoms with Gasteiger partial charge in [-0.3, -0.25) is 4.99 Å². The molecule has 1 aromatic carbocycles. The zero-order valence-corrected chi connectivity index (χ0v) is 17.1. The van der Waals surface area contributed by atoms with Gasteiger partial charge >= 0.3 is 0 Å². The maximum Gasteiger partial charge on any atom is 0.191 e. The van der Waals surface area contributed by atoms with Gasteiger partial charge in [-0.15, -0.1) is 24.0 Å². The first-order valence-electron chi connectivity index (χ1n) is 8.22. The number of methoxy groups -OCH3 is 1. The van der Waals surface area contributed by atoms with Crippen LogP contribution in [0.25, 0.3) is 0 Å². The standard InChI is InChI=1S/C17H27N3O4.HI/c1-18-17(19-7-3-8-24-15-6-9-23-12-15)20-11-13-10-14(22-2)4-5-16(13)21;/h4-5,10,15,21H,3,6-9,11-12H2,1-2H3,(H2,18,19,20);1H. The molecule has 1 aliphatic rings. The van der Waals surface area contributed by atoms with Gasteiger partial charge in [0.15, 0.2) is 5.96 Å². The molecule has 3 N–H and O–H groups in total. The number of hydrogen-bond donors (Lipinski definition) is 3. The Kier molecular flexibility index (Phi) is 10.6. The Morgan fingerprint density at radius 3 is 2.92 bits per heavy atom. The minimum atomic E-state index is 0. The molecule has 8 heteroatoms. The van der Waals surface area contributed by atoms with Gasteiger partial charge in [-0.2, -0.15) is 0 Å². The molecule has 1 atom stereocenters. The van der Waals surface area contributed by atoms with Crippen LogP contribution in [0, 0.1) is 0 Å². The molecule has 1 aliphatic heterocycles. The highest BCUT2D eigenvalue weighted by molar-refractivity contribution is 14.0. The minimum absolute atomic E-state index is 0. The Morgan fingerprint density at radius 2 is 2.24 bits per heavy atom. The fraction of sp³-hybridized carbons (Fsp3) is 0.588. The van der Waals surface area contributed by atoms with E-state index in [2.05, 4.69) is 15.6 Å². The molecule has 2 rings (SSSR count). The van der Waals surface area contributed by atoms with E-state index in [1.807, 2.05) is 0 Å². The number of phenols is 1. The van der Waals surface area contributed by atoms with Gasteiger partial charge in [0.25, 0.3) is 0 Å². The maximum atomic E-state index is 9.88. The van der Waals surface area contributed by atoms with Crippen LogP contribution in [0.3, 0.4) is 0 Å². The van der Waals surface area contributed by atoms with E-state index < -0.39 is 0 Å². The summed E-state index contributed by atoms with van der Waals surface area (Å²) in [6.45, 7) is 3.43. The molecule has 25 heavy (non-hydrogen) atoms. The van der Waals surface area contributed by atoms with Crippen molar-refractivity contribution in [1.82, 2.24) is 10.6 Å². The molecule has 0 saturated carbocycles. The predicted molar refractivity (Wildman–Crippen MR) is 108 cm³/mol. The highest BCUT2D eigenvalue weighted by atomic mass is 127. The normalized spacial score (nSPS) is 17.0. The van der Waals surface area contributed by atoms with Crippen molar-refractivity contribution >= 4 is 29.9 Å². The lowest BCUT2D eigenvalue weighted by molar-refractivity contribution is 0.0420. The average molecular weight is 465 g/mol. The van der Waals surface area contributed by atoms with Gasteiger partial charge in [0.05, 0.1) is 19.8 Å². The Bertz CT molecular complexity index is 537.